The molecule has 2 aromatic rings. The molecule has 1 aromatic carbocycles. The third kappa shape index (κ3) is 1.64. The summed E-state index contributed by atoms with van der Waals surface area (Å²) in [5.74, 6) is 0. The van der Waals surface area contributed by atoms with Gasteiger partial charge in [0.1, 0.15) is 0 Å². The molecule has 1 heterocycles. The van der Waals surface area contributed by atoms with Gasteiger partial charge in [0.2, 0.25) is 0 Å². The van der Waals surface area contributed by atoms with Crippen LogP contribution in [0, 0.1) is 13.0 Å². The van der Waals surface area contributed by atoms with Gasteiger partial charge >= 0.3 is 0 Å². The Morgan fingerprint density at radius 1 is 1.45 bits per heavy atom. The molecule has 0 amide bonds. The van der Waals surface area contributed by atoms with Crippen LogP contribution in [0.5, 0.6) is 0 Å². The molecule has 3 heteroatoms. The molecule has 2 rings (SSSR count). The van der Waals surface area contributed by atoms with E-state index in [1.807, 2.05) is 24.6 Å². The van der Waals surface area contributed by atoms with Crippen molar-refractivity contribution < 1.29 is 18.6 Å². The summed E-state index contributed by atoms with van der Waals surface area (Å²) >= 11 is 1.63. The van der Waals surface area contributed by atoms with E-state index < -0.39 is 0 Å². The zero-order valence-electron chi connectivity index (χ0n) is 6.03. The summed E-state index contributed by atoms with van der Waals surface area (Å²) in [7, 11) is 0. The van der Waals surface area contributed by atoms with Crippen LogP contribution in [0.1, 0.15) is 5.56 Å². The van der Waals surface area contributed by atoms with Gasteiger partial charge in [-0.2, -0.15) is 29.0 Å². The normalized spacial score (nSPS) is 9.55. The van der Waals surface area contributed by atoms with Crippen molar-refractivity contribution in [1.29, 1.82) is 0 Å². The molecule has 0 saturated carbocycles. The van der Waals surface area contributed by atoms with E-state index in [0.717, 1.165) is 10.2 Å². The van der Waals surface area contributed by atoms with Crippen LogP contribution < -0.4 is 0 Å². The maximum Gasteiger partial charge on any atom is 0.0634 e. The van der Waals surface area contributed by atoms with Crippen molar-refractivity contribution in [2.75, 3.05) is 0 Å². The number of hydrogen-bond donors (Lipinski definition) is 0. The number of aromatic nitrogens is 1. The molecule has 0 bridgehead atoms. The number of aryl methyl sites for hydroxylation is 1. The number of fused-ring (bicyclic) bond motifs is 1. The molecule has 55 valence electrons. The Labute approximate surface area is 81.3 Å². The second kappa shape index (κ2) is 3.39. The summed E-state index contributed by atoms with van der Waals surface area (Å²) in [6.07, 6.45) is 0. The number of nitrogens with zero attached hydrogens (tertiary/aromatic N) is 1. The number of benzene rings is 1. The van der Waals surface area contributed by atoms with Crippen LogP contribution in [0.2, 0.25) is 0 Å². The number of thiazole rings is 1. The number of rotatable bonds is 0. The topological polar surface area (TPSA) is 12.9 Å². The Kier molecular flexibility index (Phi) is 2.71. The van der Waals surface area contributed by atoms with E-state index in [9.17, 15) is 0 Å². The molecule has 0 spiro atoms. The summed E-state index contributed by atoms with van der Waals surface area (Å²) in [5, 5.41) is 0. The molecule has 0 aliphatic rings. The van der Waals surface area contributed by atoms with Crippen molar-refractivity contribution in [3.05, 3.63) is 29.3 Å². The third-order valence-electron chi connectivity index (χ3n) is 1.40. The molecule has 1 aromatic heterocycles. The van der Waals surface area contributed by atoms with Crippen molar-refractivity contribution in [3.8, 4) is 0 Å². The van der Waals surface area contributed by atoms with Gasteiger partial charge < -0.3 is 4.98 Å². The second-order valence-corrected chi connectivity index (χ2v) is 3.06. The minimum Gasteiger partial charge on any atom is -0.309 e. The molecule has 0 unspecified atom stereocenters. The quantitative estimate of drug-likeness (QED) is 0.593. The van der Waals surface area contributed by atoms with Crippen molar-refractivity contribution >= 4 is 21.6 Å². The van der Waals surface area contributed by atoms with Crippen LogP contribution in [0.3, 0.4) is 0 Å². The molecule has 1 nitrogen and oxygen atoms in total. The zero-order chi connectivity index (χ0) is 6.97. The Hall–Kier alpha value is -0.306. The minimum absolute atomic E-state index is 0. The fraction of sp³-hybridized carbons (Fsp3) is 0.125. The van der Waals surface area contributed by atoms with Crippen LogP contribution >= 0.6 is 11.3 Å². The smallest absolute Gasteiger partial charge is 0.0634 e. The van der Waals surface area contributed by atoms with Gasteiger partial charge in [-0.15, -0.1) is 6.07 Å². The predicted molar refractivity (Wildman–Crippen MR) is 43.2 cm³/mol. The first-order valence-corrected chi connectivity index (χ1v) is 3.96. The van der Waals surface area contributed by atoms with E-state index in [2.05, 4.69) is 11.1 Å². The Morgan fingerprint density at radius 3 is 3.09 bits per heavy atom. The third-order valence-corrected chi connectivity index (χ3v) is 2.15. The van der Waals surface area contributed by atoms with E-state index >= 15 is 0 Å². The van der Waals surface area contributed by atoms with E-state index in [1.165, 1.54) is 5.56 Å². The SMILES string of the molecule is Cc1[c-]c2scnc2cc1.[V]. The van der Waals surface area contributed by atoms with Crippen molar-refractivity contribution in [2.24, 2.45) is 0 Å². The summed E-state index contributed by atoms with van der Waals surface area (Å²) in [6, 6.07) is 7.28. The van der Waals surface area contributed by atoms with Gasteiger partial charge in [0.05, 0.1) is 5.51 Å². The molecule has 0 saturated heterocycles. The first-order valence-electron chi connectivity index (χ1n) is 3.08. The van der Waals surface area contributed by atoms with Gasteiger partial charge in [0.25, 0.3) is 0 Å². The summed E-state index contributed by atoms with van der Waals surface area (Å²) in [4.78, 5) is 4.15. The molecule has 11 heavy (non-hydrogen) atoms. The van der Waals surface area contributed by atoms with Crippen molar-refractivity contribution in [3.63, 3.8) is 0 Å². The van der Waals surface area contributed by atoms with Gasteiger partial charge in [0, 0.05) is 18.6 Å². The molecular formula is C8H6NSV-. The Balaban J connectivity index is 0.000000605. The van der Waals surface area contributed by atoms with Crippen LogP contribution in [0.4, 0.5) is 0 Å². The zero-order valence-corrected chi connectivity index (χ0v) is 8.25. The molecular weight excluding hydrogens is 193 g/mol. The van der Waals surface area contributed by atoms with Crippen LogP contribution in [0.25, 0.3) is 10.2 Å². The van der Waals surface area contributed by atoms with E-state index in [1.54, 1.807) is 11.3 Å². The van der Waals surface area contributed by atoms with Gasteiger partial charge in [-0.3, -0.25) is 0 Å². The maximum absolute atomic E-state index is 4.15. The fourth-order valence-corrected chi connectivity index (χ4v) is 1.62. The summed E-state index contributed by atoms with van der Waals surface area (Å²) in [6.45, 7) is 2.04. The van der Waals surface area contributed by atoms with Gasteiger partial charge in [-0.25, -0.2) is 0 Å². The largest absolute Gasteiger partial charge is 0.309 e. The van der Waals surface area contributed by atoms with Gasteiger partial charge in [-0.1, -0.05) is 11.6 Å². The molecule has 1 radical (unpaired) electrons. The molecule has 0 N–H and O–H groups in total. The van der Waals surface area contributed by atoms with Gasteiger partial charge in [-0.05, 0) is 5.52 Å². The summed E-state index contributed by atoms with van der Waals surface area (Å²) < 4.78 is 1.15. The number of hydrogen-bond acceptors (Lipinski definition) is 2. The van der Waals surface area contributed by atoms with E-state index in [4.69, 9.17) is 0 Å². The second-order valence-electron chi connectivity index (χ2n) is 2.21. The average Bonchev–Trinajstić information content (AvgIpc) is 2.33. The Bertz CT molecular complexity index is 356. The van der Waals surface area contributed by atoms with Crippen LogP contribution in [0.15, 0.2) is 17.6 Å². The summed E-state index contributed by atoms with van der Waals surface area (Å²) in [5.41, 5.74) is 4.08. The van der Waals surface area contributed by atoms with E-state index in [-0.39, 0.29) is 18.6 Å². The first kappa shape index (κ1) is 8.79. The fourth-order valence-electron chi connectivity index (χ4n) is 0.892. The molecule has 0 fully saturated rings. The van der Waals surface area contributed by atoms with Crippen molar-refractivity contribution in [2.45, 2.75) is 6.92 Å². The maximum atomic E-state index is 4.15. The van der Waals surface area contributed by atoms with Crippen LogP contribution in [-0.4, -0.2) is 4.98 Å². The monoisotopic (exact) mass is 199 g/mol. The predicted octanol–water partition coefficient (Wildman–Crippen LogP) is 2.40. The minimum atomic E-state index is 0. The molecule has 0 atom stereocenters. The first-order chi connectivity index (χ1) is 4.86. The van der Waals surface area contributed by atoms with Gasteiger partial charge in [0.15, 0.2) is 0 Å². The van der Waals surface area contributed by atoms with E-state index in [0.29, 0.717) is 0 Å². The molecule has 0 aliphatic carbocycles. The van der Waals surface area contributed by atoms with Crippen molar-refractivity contribution in [1.82, 2.24) is 4.98 Å². The standard InChI is InChI=1S/C8H6NS.V/c1-6-2-3-7-8(4-6)10-5-9-7;/h2-3,5H,1H3;/q-1;. The Morgan fingerprint density at radius 2 is 2.27 bits per heavy atom. The average molecular weight is 199 g/mol. The molecule has 0 aliphatic heterocycles. The van der Waals surface area contributed by atoms with Crippen LogP contribution in [-0.2, 0) is 18.6 Å².